The van der Waals surface area contributed by atoms with Gasteiger partial charge in [-0.05, 0) is 43.0 Å². The van der Waals surface area contributed by atoms with E-state index >= 15 is 0 Å². The van der Waals surface area contributed by atoms with Crippen LogP contribution >= 0.6 is 11.6 Å². The van der Waals surface area contributed by atoms with Gasteiger partial charge in [-0.3, -0.25) is 9.59 Å². The van der Waals surface area contributed by atoms with E-state index in [4.69, 9.17) is 16.3 Å². The molecule has 1 saturated carbocycles. The number of methoxy groups -OCH3 is 1. The van der Waals surface area contributed by atoms with Crippen molar-refractivity contribution in [2.24, 2.45) is 11.8 Å². The maximum atomic E-state index is 12.4. The van der Waals surface area contributed by atoms with E-state index in [2.05, 4.69) is 22.8 Å². The van der Waals surface area contributed by atoms with E-state index in [1.54, 1.807) is 18.2 Å². The molecule has 0 heterocycles. The highest BCUT2D eigenvalue weighted by molar-refractivity contribution is 6.31. The van der Waals surface area contributed by atoms with Gasteiger partial charge in [0.1, 0.15) is 5.75 Å². The quantitative estimate of drug-likeness (QED) is 0.680. The summed E-state index contributed by atoms with van der Waals surface area (Å²) in [6.07, 6.45) is 2.36. The van der Waals surface area contributed by atoms with Gasteiger partial charge in [0.05, 0.1) is 24.6 Å². The predicted octanol–water partition coefficient (Wildman–Crippen LogP) is 3.67. The molecule has 5 nitrogen and oxygen atoms in total. The number of hydrogen-bond acceptors (Lipinski definition) is 3. The number of halogens is 1. The Morgan fingerprint density at radius 3 is 2.59 bits per heavy atom. The Kier molecular flexibility index (Phi) is 6.35. The van der Waals surface area contributed by atoms with Crippen molar-refractivity contribution in [3.63, 3.8) is 0 Å². The van der Waals surface area contributed by atoms with Gasteiger partial charge in [0.25, 0.3) is 0 Å². The van der Waals surface area contributed by atoms with Crippen LogP contribution in [0.5, 0.6) is 5.75 Å². The summed E-state index contributed by atoms with van der Waals surface area (Å²) in [6, 6.07) is 15.2. The number of carbonyl (C=O) groups excluding carboxylic acids is 2. The number of ether oxygens (including phenoxy) is 1. The Labute approximate surface area is 164 Å². The molecule has 0 saturated heterocycles. The van der Waals surface area contributed by atoms with E-state index in [0.29, 0.717) is 29.4 Å². The van der Waals surface area contributed by atoms with Crippen LogP contribution in [0.3, 0.4) is 0 Å². The summed E-state index contributed by atoms with van der Waals surface area (Å²) in [6.45, 7) is 0.612. The molecule has 2 unspecified atom stereocenters. The number of carbonyl (C=O) groups is 2. The molecule has 1 aliphatic carbocycles. The number of aryl methyl sites for hydroxylation is 1. The average Bonchev–Trinajstić information content (AvgIpc) is 3.47. The average molecular weight is 387 g/mol. The van der Waals surface area contributed by atoms with Gasteiger partial charge >= 0.3 is 0 Å². The lowest BCUT2D eigenvalue weighted by Gasteiger charge is -2.10. The first kappa shape index (κ1) is 19.2. The Morgan fingerprint density at radius 2 is 1.85 bits per heavy atom. The van der Waals surface area contributed by atoms with Crippen LogP contribution in [0.2, 0.25) is 5.02 Å². The summed E-state index contributed by atoms with van der Waals surface area (Å²) in [5.41, 5.74) is 1.77. The lowest BCUT2D eigenvalue weighted by atomic mass is 10.1. The predicted molar refractivity (Wildman–Crippen MR) is 106 cm³/mol. The van der Waals surface area contributed by atoms with Gasteiger partial charge in [0, 0.05) is 11.6 Å². The molecule has 3 rings (SSSR count). The van der Waals surface area contributed by atoms with Gasteiger partial charge in [-0.2, -0.15) is 0 Å². The lowest BCUT2D eigenvalue weighted by Crippen LogP contribution is -2.28. The fraction of sp³-hybridized carbons (Fsp3) is 0.333. The van der Waals surface area contributed by atoms with Gasteiger partial charge in [-0.25, -0.2) is 0 Å². The van der Waals surface area contributed by atoms with Crippen LogP contribution in [0.25, 0.3) is 0 Å². The number of benzene rings is 2. The number of nitrogens with one attached hydrogen (secondary N) is 2. The van der Waals surface area contributed by atoms with Crippen molar-refractivity contribution < 1.29 is 14.3 Å². The van der Waals surface area contributed by atoms with Gasteiger partial charge in [-0.1, -0.05) is 41.9 Å². The maximum Gasteiger partial charge on any atom is 0.228 e. The minimum atomic E-state index is -0.303. The molecule has 27 heavy (non-hydrogen) atoms. The molecule has 0 bridgehead atoms. The zero-order valence-corrected chi connectivity index (χ0v) is 16.0. The van der Waals surface area contributed by atoms with Gasteiger partial charge in [-0.15, -0.1) is 0 Å². The molecule has 2 atom stereocenters. The second-order valence-corrected chi connectivity index (χ2v) is 7.10. The third kappa shape index (κ3) is 5.23. The van der Waals surface area contributed by atoms with Gasteiger partial charge < -0.3 is 15.4 Å². The smallest absolute Gasteiger partial charge is 0.228 e. The fourth-order valence-electron chi connectivity index (χ4n) is 3.06. The Hall–Kier alpha value is -2.53. The third-order valence-corrected chi connectivity index (χ3v) is 4.90. The summed E-state index contributed by atoms with van der Waals surface area (Å²) in [7, 11) is 1.53. The molecule has 1 fully saturated rings. The fourth-order valence-corrected chi connectivity index (χ4v) is 3.23. The van der Waals surface area contributed by atoms with Crippen LogP contribution in [-0.2, 0) is 16.0 Å². The zero-order valence-electron chi connectivity index (χ0n) is 15.2. The van der Waals surface area contributed by atoms with Crippen molar-refractivity contribution in [2.75, 3.05) is 19.0 Å². The van der Waals surface area contributed by atoms with Crippen LogP contribution in [0, 0.1) is 11.8 Å². The molecule has 0 aromatic heterocycles. The number of rotatable bonds is 8. The van der Waals surface area contributed by atoms with Crippen molar-refractivity contribution in [3.8, 4) is 5.75 Å². The molecule has 1 aliphatic rings. The first-order valence-corrected chi connectivity index (χ1v) is 9.42. The Balaban J connectivity index is 1.42. The van der Waals surface area contributed by atoms with Crippen LogP contribution < -0.4 is 15.4 Å². The molecule has 6 heteroatoms. The van der Waals surface area contributed by atoms with E-state index in [1.165, 1.54) is 12.7 Å². The standard InChI is InChI=1S/C21H23ClN2O3/c1-27-19-10-9-15(22)12-18(19)24-21(26)17-13-16(17)20(25)23-11-5-8-14-6-3-2-4-7-14/h2-4,6-7,9-10,12,16-17H,5,8,11,13H2,1H3,(H,23,25)(H,24,26). The molecule has 2 aromatic carbocycles. The molecule has 0 spiro atoms. The van der Waals surface area contributed by atoms with Crippen molar-refractivity contribution >= 4 is 29.1 Å². The number of hydrogen-bond donors (Lipinski definition) is 2. The molecule has 0 radical (unpaired) electrons. The second-order valence-electron chi connectivity index (χ2n) is 6.66. The Morgan fingerprint density at radius 1 is 1.11 bits per heavy atom. The summed E-state index contributed by atoms with van der Waals surface area (Å²) < 4.78 is 5.22. The molecule has 142 valence electrons. The molecule has 0 aliphatic heterocycles. The minimum Gasteiger partial charge on any atom is -0.495 e. The number of anilines is 1. The highest BCUT2D eigenvalue weighted by Crippen LogP contribution is 2.40. The number of amides is 2. The summed E-state index contributed by atoms with van der Waals surface area (Å²) >= 11 is 5.98. The highest BCUT2D eigenvalue weighted by atomic mass is 35.5. The van der Waals surface area contributed by atoms with E-state index in [0.717, 1.165) is 12.8 Å². The molecule has 2 N–H and O–H groups in total. The van der Waals surface area contributed by atoms with Crippen molar-refractivity contribution in [1.82, 2.24) is 5.32 Å². The van der Waals surface area contributed by atoms with Crippen molar-refractivity contribution in [2.45, 2.75) is 19.3 Å². The van der Waals surface area contributed by atoms with E-state index in [9.17, 15) is 9.59 Å². The van der Waals surface area contributed by atoms with E-state index in [-0.39, 0.29) is 23.7 Å². The molecular weight excluding hydrogens is 364 g/mol. The van der Waals surface area contributed by atoms with Gasteiger partial charge in [0.2, 0.25) is 11.8 Å². The molecule has 2 amide bonds. The monoisotopic (exact) mass is 386 g/mol. The molecule has 2 aromatic rings. The normalized spacial score (nSPS) is 17.9. The van der Waals surface area contributed by atoms with Crippen LogP contribution in [0.1, 0.15) is 18.4 Å². The highest BCUT2D eigenvalue weighted by Gasteiger charge is 2.48. The van der Waals surface area contributed by atoms with Crippen LogP contribution in [0.4, 0.5) is 5.69 Å². The van der Waals surface area contributed by atoms with Crippen LogP contribution in [-0.4, -0.2) is 25.5 Å². The lowest BCUT2D eigenvalue weighted by molar-refractivity contribution is -0.125. The topological polar surface area (TPSA) is 67.4 Å². The maximum absolute atomic E-state index is 12.4. The van der Waals surface area contributed by atoms with E-state index < -0.39 is 0 Å². The zero-order chi connectivity index (χ0) is 19.2. The summed E-state index contributed by atoms with van der Waals surface area (Å²) in [5.74, 6) is -0.258. The summed E-state index contributed by atoms with van der Waals surface area (Å²) in [4.78, 5) is 24.6. The SMILES string of the molecule is COc1ccc(Cl)cc1NC(=O)C1CC1C(=O)NCCCc1ccccc1. The largest absolute Gasteiger partial charge is 0.495 e. The molecular formula is C21H23ClN2O3. The Bertz CT molecular complexity index is 810. The van der Waals surface area contributed by atoms with E-state index in [1.807, 2.05) is 18.2 Å². The van der Waals surface area contributed by atoms with Crippen molar-refractivity contribution in [3.05, 3.63) is 59.1 Å². The minimum absolute atomic E-state index is 0.0544. The van der Waals surface area contributed by atoms with Gasteiger partial charge in [0.15, 0.2) is 0 Å². The second kappa shape index (κ2) is 8.91. The van der Waals surface area contributed by atoms with Crippen molar-refractivity contribution in [1.29, 1.82) is 0 Å². The third-order valence-electron chi connectivity index (χ3n) is 4.67. The first-order valence-electron chi connectivity index (χ1n) is 9.04. The van der Waals surface area contributed by atoms with Crippen LogP contribution in [0.15, 0.2) is 48.5 Å². The summed E-state index contributed by atoms with van der Waals surface area (Å²) in [5, 5.41) is 6.25. The first-order chi connectivity index (χ1) is 13.1.